The van der Waals surface area contributed by atoms with Gasteiger partial charge in [-0.25, -0.2) is 0 Å². The van der Waals surface area contributed by atoms with Crippen molar-refractivity contribution in [2.75, 3.05) is 23.8 Å². The summed E-state index contributed by atoms with van der Waals surface area (Å²) < 4.78 is 5.61. The molecule has 8 nitrogen and oxygen atoms in total. The summed E-state index contributed by atoms with van der Waals surface area (Å²) in [5.41, 5.74) is 3.96. The van der Waals surface area contributed by atoms with E-state index in [1.54, 1.807) is 54.6 Å². The van der Waals surface area contributed by atoms with Gasteiger partial charge in [-0.3, -0.25) is 24.1 Å². The van der Waals surface area contributed by atoms with Crippen molar-refractivity contribution in [3.8, 4) is 5.75 Å². The van der Waals surface area contributed by atoms with Gasteiger partial charge in [-0.2, -0.15) is 0 Å². The Morgan fingerprint density at radius 2 is 1.66 bits per heavy atom. The first-order valence-electron chi connectivity index (χ1n) is 11.6. The molecule has 0 saturated carbocycles. The first kappa shape index (κ1) is 27.0. The quantitative estimate of drug-likeness (QED) is 0.352. The highest BCUT2D eigenvalue weighted by Gasteiger charge is 2.36. The third kappa shape index (κ3) is 7.02. The SMILES string of the molecule is Cc1ccc(NC(=O)COc2cccc(/C=C3\SC(=O)N(CC(=O)Nc4cccc(Cl)c4)C3=O)c2)cc1C. The van der Waals surface area contributed by atoms with Gasteiger partial charge in [0.05, 0.1) is 4.91 Å². The van der Waals surface area contributed by atoms with Crippen molar-refractivity contribution in [1.82, 2.24) is 4.90 Å². The van der Waals surface area contributed by atoms with Gasteiger partial charge in [0.15, 0.2) is 6.61 Å². The Balaban J connectivity index is 1.35. The largest absolute Gasteiger partial charge is 0.484 e. The van der Waals surface area contributed by atoms with Gasteiger partial charge in [-0.1, -0.05) is 35.9 Å². The van der Waals surface area contributed by atoms with Crippen LogP contribution in [0.5, 0.6) is 5.75 Å². The van der Waals surface area contributed by atoms with Gasteiger partial charge in [-0.15, -0.1) is 0 Å². The number of thioether (sulfide) groups is 1. The van der Waals surface area contributed by atoms with E-state index >= 15 is 0 Å². The fourth-order valence-electron chi connectivity index (χ4n) is 3.56. The average molecular weight is 550 g/mol. The van der Waals surface area contributed by atoms with Gasteiger partial charge < -0.3 is 15.4 Å². The fourth-order valence-corrected chi connectivity index (χ4v) is 4.59. The molecule has 0 aromatic heterocycles. The number of amides is 4. The number of aryl methyl sites for hydroxylation is 2. The van der Waals surface area contributed by atoms with Crippen LogP contribution in [0.15, 0.2) is 71.6 Å². The minimum absolute atomic E-state index is 0.176. The van der Waals surface area contributed by atoms with E-state index in [4.69, 9.17) is 16.3 Å². The van der Waals surface area contributed by atoms with E-state index < -0.39 is 23.6 Å². The van der Waals surface area contributed by atoms with E-state index in [1.165, 1.54) is 0 Å². The van der Waals surface area contributed by atoms with Crippen molar-refractivity contribution in [2.45, 2.75) is 13.8 Å². The maximum atomic E-state index is 12.8. The number of hydrogen-bond donors (Lipinski definition) is 2. The van der Waals surface area contributed by atoms with Crippen LogP contribution in [-0.4, -0.2) is 41.0 Å². The molecular weight excluding hydrogens is 526 g/mol. The maximum absolute atomic E-state index is 12.8. The van der Waals surface area contributed by atoms with Gasteiger partial charge in [0.1, 0.15) is 12.3 Å². The molecule has 1 fully saturated rings. The zero-order valence-corrected chi connectivity index (χ0v) is 22.2. The molecule has 194 valence electrons. The van der Waals surface area contributed by atoms with Crippen molar-refractivity contribution in [3.63, 3.8) is 0 Å². The molecule has 0 bridgehead atoms. The van der Waals surface area contributed by atoms with E-state index in [2.05, 4.69) is 10.6 Å². The van der Waals surface area contributed by atoms with Gasteiger partial charge in [0, 0.05) is 16.4 Å². The summed E-state index contributed by atoms with van der Waals surface area (Å²) in [6, 6.07) is 19.0. The highest BCUT2D eigenvalue weighted by atomic mass is 35.5. The van der Waals surface area contributed by atoms with Crippen LogP contribution >= 0.6 is 23.4 Å². The number of hydrogen-bond acceptors (Lipinski definition) is 6. The van der Waals surface area contributed by atoms with Crippen LogP contribution in [0, 0.1) is 13.8 Å². The number of ether oxygens (including phenoxy) is 1. The Labute approximate surface area is 229 Å². The molecule has 0 aliphatic carbocycles. The summed E-state index contributed by atoms with van der Waals surface area (Å²) >= 11 is 6.67. The summed E-state index contributed by atoms with van der Waals surface area (Å²) in [5, 5.41) is 5.32. The number of nitrogens with zero attached hydrogens (tertiary/aromatic N) is 1. The van der Waals surface area contributed by atoms with Crippen LogP contribution in [0.3, 0.4) is 0 Å². The molecular formula is C28H24ClN3O5S. The Bertz CT molecular complexity index is 1460. The molecule has 2 N–H and O–H groups in total. The van der Waals surface area contributed by atoms with E-state index in [-0.39, 0.29) is 17.4 Å². The van der Waals surface area contributed by atoms with Gasteiger partial charge >= 0.3 is 0 Å². The van der Waals surface area contributed by atoms with Gasteiger partial charge in [0.2, 0.25) is 5.91 Å². The molecule has 4 rings (SSSR count). The van der Waals surface area contributed by atoms with Crippen LogP contribution < -0.4 is 15.4 Å². The standard InChI is InChI=1S/C28H24ClN3O5S/c1-17-9-10-22(11-18(17)2)31-26(34)16-37-23-8-3-5-19(12-23)13-24-27(35)32(28(36)38-24)15-25(33)30-21-7-4-6-20(29)14-21/h3-14H,15-16H2,1-2H3,(H,30,33)(H,31,34)/b24-13-. The Kier molecular flexibility index (Phi) is 8.50. The number of nitrogens with one attached hydrogen (secondary N) is 2. The van der Waals surface area contributed by atoms with Gasteiger partial charge in [-0.05, 0) is 90.8 Å². The molecule has 1 saturated heterocycles. The van der Waals surface area contributed by atoms with Crippen molar-refractivity contribution in [1.29, 1.82) is 0 Å². The first-order chi connectivity index (χ1) is 18.2. The Morgan fingerprint density at radius 3 is 2.42 bits per heavy atom. The lowest BCUT2D eigenvalue weighted by Gasteiger charge is -2.12. The number of benzene rings is 3. The molecule has 0 unspecified atom stereocenters. The van der Waals surface area contributed by atoms with Crippen LogP contribution in [-0.2, 0) is 14.4 Å². The number of rotatable bonds is 8. The third-order valence-corrected chi connectivity index (χ3v) is 6.74. The van der Waals surface area contributed by atoms with E-state index in [1.807, 2.05) is 32.0 Å². The lowest BCUT2D eigenvalue weighted by Crippen LogP contribution is -2.36. The van der Waals surface area contributed by atoms with Crippen molar-refractivity contribution < 1.29 is 23.9 Å². The normalized spacial score (nSPS) is 14.1. The number of carbonyl (C=O) groups is 4. The molecule has 0 atom stereocenters. The zero-order chi connectivity index (χ0) is 27.2. The Hall–Kier alpha value is -4.08. The number of carbonyl (C=O) groups excluding carboxylic acids is 4. The monoisotopic (exact) mass is 549 g/mol. The average Bonchev–Trinajstić information content (AvgIpc) is 3.12. The molecule has 4 amide bonds. The molecule has 10 heteroatoms. The minimum atomic E-state index is -0.569. The summed E-state index contributed by atoms with van der Waals surface area (Å²) in [7, 11) is 0. The first-order valence-corrected chi connectivity index (χ1v) is 12.8. The fraction of sp³-hybridized carbons (Fsp3) is 0.143. The topological polar surface area (TPSA) is 105 Å². The number of imide groups is 1. The summed E-state index contributed by atoms with van der Waals surface area (Å²) in [4.78, 5) is 51.0. The summed E-state index contributed by atoms with van der Waals surface area (Å²) in [5.74, 6) is -0.976. The molecule has 1 aliphatic rings. The summed E-state index contributed by atoms with van der Waals surface area (Å²) in [6.45, 7) is 3.34. The van der Waals surface area contributed by atoms with Crippen molar-refractivity contribution >= 4 is 63.8 Å². The lowest BCUT2D eigenvalue weighted by molar-refractivity contribution is -0.127. The number of halogens is 1. The minimum Gasteiger partial charge on any atom is -0.484 e. The summed E-state index contributed by atoms with van der Waals surface area (Å²) in [6.07, 6.45) is 1.54. The molecule has 1 aliphatic heterocycles. The van der Waals surface area contributed by atoms with Crippen LogP contribution in [0.25, 0.3) is 6.08 Å². The van der Waals surface area contributed by atoms with E-state index in [0.717, 1.165) is 27.8 Å². The van der Waals surface area contributed by atoms with Crippen molar-refractivity contribution in [2.24, 2.45) is 0 Å². The van der Waals surface area contributed by atoms with Crippen molar-refractivity contribution in [3.05, 3.63) is 93.3 Å². The van der Waals surface area contributed by atoms with Crippen LogP contribution in [0.4, 0.5) is 16.2 Å². The number of anilines is 2. The van der Waals surface area contributed by atoms with E-state index in [9.17, 15) is 19.2 Å². The van der Waals surface area contributed by atoms with Gasteiger partial charge in [0.25, 0.3) is 17.1 Å². The molecule has 1 heterocycles. The predicted molar refractivity (Wildman–Crippen MR) is 149 cm³/mol. The van der Waals surface area contributed by atoms with Crippen LogP contribution in [0.1, 0.15) is 16.7 Å². The third-order valence-electron chi connectivity index (χ3n) is 5.60. The highest BCUT2D eigenvalue weighted by Crippen LogP contribution is 2.32. The second kappa shape index (κ2) is 12.0. The molecule has 0 radical (unpaired) electrons. The molecule has 3 aromatic carbocycles. The van der Waals surface area contributed by atoms with Crippen LogP contribution in [0.2, 0.25) is 5.02 Å². The Morgan fingerprint density at radius 1 is 0.921 bits per heavy atom. The molecule has 3 aromatic rings. The smallest absolute Gasteiger partial charge is 0.294 e. The second-order valence-corrected chi connectivity index (χ2v) is 9.96. The van der Waals surface area contributed by atoms with E-state index in [0.29, 0.717) is 27.7 Å². The second-order valence-electron chi connectivity index (χ2n) is 8.53. The zero-order valence-electron chi connectivity index (χ0n) is 20.6. The molecule has 38 heavy (non-hydrogen) atoms. The lowest BCUT2D eigenvalue weighted by atomic mass is 10.1. The predicted octanol–water partition coefficient (Wildman–Crippen LogP) is 5.65. The maximum Gasteiger partial charge on any atom is 0.294 e. The highest BCUT2D eigenvalue weighted by molar-refractivity contribution is 8.18. The molecule has 0 spiro atoms.